The number of guanidine groups is 1. The van der Waals surface area contributed by atoms with E-state index in [0.29, 0.717) is 25.7 Å². The van der Waals surface area contributed by atoms with Crippen molar-refractivity contribution >= 4 is 5.96 Å². The van der Waals surface area contributed by atoms with Crippen molar-refractivity contribution in [1.29, 1.82) is 0 Å². The van der Waals surface area contributed by atoms with Crippen molar-refractivity contribution in [2.45, 2.75) is 6.54 Å². The molecule has 0 aromatic carbocycles. The molecule has 1 saturated heterocycles. The zero-order chi connectivity index (χ0) is 14.5. The van der Waals surface area contributed by atoms with Crippen molar-refractivity contribution in [2.24, 2.45) is 10.7 Å². The van der Waals surface area contributed by atoms with Crippen LogP contribution in [0.25, 0.3) is 5.82 Å². The molecular formula is C14H18N6O. The lowest BCUT2D eigenvalue weighted by Gasteiger charge is -2.27. The van der Waals surface area contributed by atoms with Gasteiger partial charge >= 0.3 is 0 Å². The Balaban J connectivity index is 1.68. The molecule has 0 amide bonds. The number of aliphatic imine (C=N–C) groups is 1. The first-order valence-electron chi connectivity index (χ1n) is 6.89. The molecule has 1 aliphatic rings. The topological polar surface area (TPSA) is 81.6 Å². The van der Waals surface area contributed by atoms with Gasteiger partial charge in [0.2, 0.25) is 0 Å². The number of pyridine rings is 1. The lowest BCUT2D eigenvalue weighted by Crippen LogP contribution is -2.44. The maximum Gasteiger partial charge on any atom is 0.191 e. The van der Waals surface area contributed by atoms with Crippen LogP contribution in [0.4, 0.5) is 0 Å². The van der Waals surface area contributed by atoms with Gasteiger partial charge in [0.15, 0.2) is 5.96 Å². The molecule has 21 heavy (non-hydrogen) atoms. The molecule has 2 aromatic rings. The van der Waals surface area contributed by atoms with Crippen LogP contribution in [0.2, 0.25) is 0 Å². The van der Waals surface area contributed by atoms with E-state index in [1.54, 1.807) is 18.7 Å². The van der Waals surface area contributed by atoms with Gasteiger partial charge in [-0.15, -0.1) is 0 Å². The Hall–Kier alpha value is -2.41. The Morgan fingerprint density at radius 3 is 2.95 bits per heavy atom. The Morgan fingerprint density at radius 1 is 1.33 bits per heavy atom. The summed E-state index contributed by atoms with van der Waals surface area (Å²) >= 11 is 0. The SMILES string of the molecule is NC(=NCc1ccnc(-n2ccnc2)c1)N1CCOCC1. The second-order valence-corrected chi connectivity index (χ2v) is 4.77. The molecule has 2 aromatic heterocycles. The van der Waals surface area contributed by atoms with Gasteiger partial charge in [-0.25, -0.2) is 15.0 Å². The number of morpholine rings is 1. The maximum absolute atomic E-state index is 6.02. The van der Waals surface area contributed by atoms with Crippen LogP contribution in [-0.2, 0) is 11.3 Å². The third-order valence-electron chi connectivity index (χ3n) is 3.34. The van der Waals surface area contributed by atoms with E-state index in [2.05, 4.69) is 15.0 Å². The number of rotatable bonds is 3. The predicted molar refractivity (Wildman–Crippen MR) is 79.1 cm³/mol. The molecule has 0 saturated carbocycles. The summed E-state index contributed by atoms with van der Waals surface area (Å²) in [6.45, 7) is 3.54. The third-order valence-corrected chi connectivity index (χ3v) is 3.34. The summed E-state index contributed by atoms with van der Waals surface area (Å²) in [6.07, 6.45) is 7.07. The molecule has 2 N–H and O–H groups in total. The van der Waals surface area contributed by atoms with Crippen molar-refractivity contribution in [3.8, 4) is 5.82 Å². The van der Waals surface area contributed by atoms with Crippen LogP contribution in [0.15, 0.2) is 42.0 Å². The monoisotopic (exact) mass is 286 g/mol. The van der Waals surface area contributed by atoms with Crippen LogP contribution in [0, 0.1) is 0 Å². The summed E-state index contributed by atoms with van der Waals surface area (Å²) in [5.41, 5.74) is 7.08. The number of nitrogens with two attached hydrogens (primary N) is 1. The summed E-state index contributed by atoms with van der Waals surface area (Å²) in [6, 6.07) is 3.92. The first-order valence-corrected chi connectivity index (χ1v) is 6.89. The highest BCUT2D eigenvalue weighted by Crippen LogP contribution is 2.08. The minimum Gasteiger partial charge on any atom is -0.378 e. The highest BCUT2D eigenvalue weighted by atomic mass is 16.5. The zero-order valence-corrected chi connectivity index (χ0v) is 11.7. The van der Waals surface area contributed by atoms with Gasteiger partial charge in [-0.2, -0.15) is 0 Å². The molecule has 0 aliphatic carbocycles. The maximum atomic E-state index is 6.02. The standard InChI is InChI=1S/C14H18N6O/c15-14(19-5-7-21-8-6-19)18-10-12-1-2-17-13(9-12)20-4-3-16-11-20/h1-4,9,11H,5-8,10H2,(H2,15,18). The Kier molecular flexibility index (Phi) is 4.11. The smallest absolute Gasteiger partial charge is 0.191 e. The van der Waals surface area contributed by atoms with Gasteiger partial charge in [0, 0.05) is 31.7 Å². The van der Waals surface area contributed by atoms with E-state index >= 15 is 0 Å². The molecule has 0 spiro atoms. The fraction of sp³-hybridized carbons (Fsp3) is 0.357. The third kappa shape index (κ3) is 3.38. The zero-order valence-electron chi connectivity index (χ0n) is 11.7. The van der Waals surface area contributed by atoms with Gasteiger partial charge in [0.1, 0.15) is 12.1 Å². The number of imidazole rings is 1. The molecule has 7 heteroatoms. The van der Waals surface area contributed by atoms with E-state index in [1.807, 2.05) is 27.8 Å². The summed E-state index contributed by atoms with van der Waals surface area (Å²) < 4.78 is 7.16. The average molecular weight is 286 g/mol. The minimum atomic E-state index is 0.535. The second-order valence-electron chi connectivity index (χ2n) is 4.77. The molecule has 0 atom stereocenters. The highest BCUT2D eigenvalue weighted by Gasteiger charge is 2.11. The first kappa shape index (κ1) is 13.6. The van der Waals surface area contributed by atoms with Crippen LogP contribution >= 0.6 is 0 Å². The molecule has 0 bridgehead atoms. The van der Waals surface area contributed by atoms with Gasteiger partial charge in [-0.3, -0.25) is 4.57 Å². The van der Waals surface area contributed by atoms with E-state index in [4.69, 9.17) is 10.5 Å². The quantitative estimate of drug-likeness (QED) is 0.653. The normalized spacial score (nSPS) is 16.2. The van der Waals surface area contributed by atoms with Crippen LogP contribution in [0.5, 0.6) is 0 Å². The van der Waals surface area contributed by atoms with Crippen LogP contribution in [0.1, 0.15) is 5.56 Å². The fourth-order valence-corrected chi connectivity index (χ4v) is 2.16. The summed E-state index contributed by atoms with van der Waals surface area (Å²) in [7, 11) is 0. The average Bonchev–Trinajstić information content (AvgIpc) is 3.08. The summed E-state index contributed by atoms with van der Waals surface area (Å²) in [5, 5.41) is 0. The first-order chi connectivity index (χ1) is 10.3. The number of aromatic nitrogens is 3. The number of nitrogens with zero attached hydrogens (tertiary/aromatic N) is 5. The summed E-state index contributed by atoms with van der Waals surface area (Å²) in [5.74, 6) is 1.39. The van der Waals surface area contributed by atoms with E-state index in [9.17, 15) is 0 Å². The fourth-order valence-electron chi connectivity index (χ4n) is 2.16. The van der Waals surface area contributed by atoms with E-state index < -0.39 is 0 Å². The van der Waals surface area contributed by atoms with Crippen molar-refractivity contribution in [3.63, 3.8) is 0 Å². The molecule has 110 valence electrons. The van der Waals surface area contributed by atoms with Crippen molar-refractivity contribution < 1.29 is 4.74 Å². The van der Waals surface area contributed by atoms with Crippen molar-refractivity contribution in [1.82, 2.24) is 19.4 Å². The van der Waals surface area contributed by atoms with Crippen molar-refractivity contribution in [2.75, 3.05) is 26.3 Å². The van der Waals surface area contributed by atoms with Crippen molar-refractivity contribution in [3.05, 3.63) is 42.6 Å². The van der Waals surface area contributed by atoms with E-state index in [-0.39, 0.29) is 0 Å². The number of ether oxygens (including phenoxy) is 1. The van der Waals surface area contributed by atoms with E-state index in [1.165, 1.54) is 0 Å². The predicted octanol–water partition coefficient (Wildman–Crippen LogP) is 0.414. The lowest BCUT2D eigenvalue weighted by atomic mass is 10.2. The van der Waals surface area contributed by atoms with Gasteiger partial charge in [0.25, 0.3) is 0 Å². The Morgan fingerprint density at radius 2 is 2.19 bits per heavy atom. The molecular weight excluding hydrogens is 268 g/mol. The second kappa shape index (κ2) is 6.36. The summed E-state index contributed by atoms with van der Waals surface area (Å²) in [4.78, 5) is 14.8. The Bertz CT molecular complexity index is 604. The number of hydrogen-bond acceptors (Lipinski definition) is 4. The van der Waals surface area contributed by atoms with Crippen LogP contribution < -0.4 is 5.73 Å². The van der Waals surface area contributed by atoms with Gasteiger partial charge in [-0.1, -0.05) is 0 Å². The van der Waals surface area contributed by atoms with Crippen LogP contribution in [-0.4, -0.2) is 51.7 Å². The molecule has 3 rings (SSSR count). The molecule has 0 unspecified atom stereocenters. The van der Waals surface area contributed by atoms with Gasteiger partial charge < -0.3 is 15.4 Å². The highest BCUT2D eigenvalue weighted by molar-refractivity contribution is 5.78. The largest absolute Gasteiger partial charge is 0.378 e. The van der Waals surface area contributed by atoms with Crippen LogP contribution in [0.3, 0.4) is 0 Å². The molecule has 0 radical (unpaired) electrons. The van der Waals surface area contributed by atoms with Gasteiger partial charge in [-0.05, 0) is 17.7 Å². The molecule has 7 nitrogen and oxygen atoms in total. The van der Waals surface area contributed by atoms with Gasteiger partial charge in [0.05, 0.1) is 19.8 Å². The number of hydrogen-bond donors (Lipinski definition) is 1. The lowest BCUT2D eigenvalue weighted by molar-refractivity contribution is 0.0674. The molecule has 1 aliphatic heterocycles. The van der Waals surface area contributed by atoms with E-state index in [0.717, 1.165) is 24.5 Å². The molecule has 3 heterocycles. The molecule has 1 fully saturated rings. The Labute approximate surface area is 123 Å². The minimum absolute atomic E-state index is 0.535.